The van der Waals surface area contributed by atoms with Crippen molar-refractivity contribution in [2.45, 2.75) is 26.2 Å². The van der Waals surface area contributed by atoms with Crippen LogP contribution in [0.1, 0.15) is 26.2 Å². The molecule has 0 amide bonds. The number of methoxy groups -OCH3 is 1. The minimum absolute atomic E-state index is 0.509. The van der Waals surface area contributed by atoms with Crippen molar-refractivity contribution in [1.29, 1.82) is 0 Å². The van der Waals surface area contributed by atoms with Gasteiger partial charge in [0.25, 0.3) is 0 Å². The standard InChI is InChI=1S/C11H19N3OS/c1-3-14(7-8-5-4-6-8)11-9(15-2)10(12)13-16-11/h8H,3-7H2,1-2H3,(H2,12,13). The quantitative estimate of drug-likeness (QED) is 0.860. The molecule has 1 fully saturated rings. The fourth-order valence-electron chi connectivity index (χ4n) is 2.02. The van der Waals surface area contributed by atoms with Crippen molar-refractivity contribution in [3.63, 3.8) is 0 Å². The normalized spacial score (nSPS) is 15.9. The predicted molar refractivity (Wildman–Crippen MR) is 68.3 cm³/mol. The lowest BCUT2D eigenvalue weighted by atomic mass is 9.85. The molecule has 0 saturated heterocycles. The molecule has 0 aliphatic heterocycles. The molecule has 1 aromatic rings. The number of nitrogen functional groups attached to an aromatic ring is 1. The van der Waals surface area contributed by atoms with E-state index in [-0.39, 0.29) is 0 Å². The molecule has 0 bridgehead atoms. The zero-order valence-corrected chi connectivity index (χ0v) is 10.7. The highest BCUT2D eigenvalue weighted by molar-refractivity contribution is 7.11. The molecule has 0 radical (unpaired) electrons. The summed E-state index contributed by atoms with van der Waals surface area (Å²) in [5.74, 6) is 2.09. The van der Waals surface area contributed by atoms with Gasteiger partial charge in [0, 0.05) is 13.1 Å². The SMILES string of the molecule is CCN(CC1CCC1)c1snc(N)c1OC. The molecule has 0 spiro atoms. The van der Waals surface area contributed by atoms with E-state index in [0.717, 1.165) is 29.8 Å². The maximum atomic E-state index is 5.77. The highest BCUT2D eigenvalue weighted by Crippen LogP contribution is 2.39. The summed E-state index contributed by atoms with van der Waals surface area (Å²) in [6, 6.07) is 0. The third-order valence-corrected chi connectivity index (χ3v) is 4.14. The molecule has 5 heteroatoms. The first-order valence-corrected chi connectivity index (χ1v) is 6.57. The van der Waals surface area contributed by atoms with Gasteiger partial charge in [0.2, 0.25) is 0 Å². The Morgan fingerprint density at radius 3 is 2.81 bits per heavy atom. The molecule has 1 aliphatic rings. The van der Waals surface area contributed by atoms with Gasteiger partial charge in [0.05, 0.1) is 7.11 Å². The van der Waals surface area contributed by atoms with Crippen molar-refractivity contribution in [3.05, 3.63) is 0 Å². The van der Waals surface area contributed by atoms with Gasteiger partial charge in [-0.05, 0) is 37.2 Å². The Hall–Kier alpha value is -0.970. The molecule has 0 aromatic carbocycles. The first-order chi connectivity index (χ1) is 7.76. The molecule has 1 saturated carbocycles. The van der Waals surface area contributed by atoms with E-state index in [2.05, 4.69) is 16.2 Å². The fraction of sp³-hybridized carbons (Fsp3) is 0.727. The lowest BCUT2D eigenvalue weighted by molar-refractivity contribution is 0.318. The largest absolute Gasteiger partial charge is 0.490 e. The molecule has 2 rings (SSSR count). The van der Waals surface area contributed by atoms with E-state index in [1.807, 2.05) is 0 Å². The molecule has 1 aliphatic carbocycles. The number of nitrogens with two attached hydrogens (primary N) is 1. The van der Waals surface area contributed by atoms with Crippen molar-refractivity contribution in [2.75, 3.05) is 30.8 Å². The van der Waals surface area contributed by atoms with Gasteiger partial charge in [0.15, 0.2) is 16.6 Å². The second-order valence-electron chi connectivity index (χ2n) is 4.24. The summed E-state index contributed by atoms with van der Waals surface area (Å²) in [7, 11) is 1.65. The topological polar surface area (TPSA) is 51.4 Å². The van der Waals surface area contributed by atoms with Crippen molar-refractivity contribution in [2.24, 2.45) is 5.92 Å². The van der Waals surface area contributed by atoms with Crippen molar-refractivity contribution in [1.82, 2.24) is 4.37 Å². The van der Waals surface area contributed by atoms with Crippen LogP contribution in [0.4, 0.5) is 10.8 Å². The van der Waals surface area contributed by atoms with Gasteiger partial charge >= 0.3 is 0 Å². The second-order valence-corrected chi connectivity index (χ2v) is 4.99. The van der Waals surface area contributed by atoms with Gasteiger partial charge in [-0.2, -0.15) is 4.37 Å². The summed E-state index contributed by atoms with van der Waals surface area (Å²) in [5, 5.41) is 1.08. The van der Waals surface area contributed by atoms with Gasteiger partial charge in [-0.1, -0.05) is 6.42 Å². The summed E-state index contributed by atoms with van der Waals surface area (Å²) in [6.07, 6.45) is 4.09. The summed E-state index contributed by atoms with van der Waals surface area (Å²) >= 11 is 1.44. The molecular weight excluding hydrogens is 222 g/mol. The first-order valence-electron chi connectivity index (χ1n) is 5.80. The van der Waals surface area contributed by atoms with E-state index in [4.69, 9.17) is 10.5 Å². The van der Waals surface area contributed by atoms with Crippen molar-refractivity contribution >= 4 is 22.4 Å². The van der Waals surface area contributed by atoms with E-state index in [1.54, 1.807) is 7.11 Å². The minimum Gasteiger partial charge on any atom is -0.490 e. The summed E-state index contributed by atoms with van der Waals surface area (Å²) in [5.41, 5.74) is 5.77. The Kier molecular flexibility index (Phi) is 3.53. The van der Waals surface area contributed by atoms with Gasteiger partial charge in [0.1, 0.15) is 0 Å². The van der Waals surface area contributed by atoms with Crippen LogP contribution in [0, 0.1) is 5.92 Å². The fourth-order valence-corrected chi connectivity index (χ4v) is 2.88. The highest BCUT2D eigenvalue weighted by atomic mass is 32.1. The van der Waals surface area contributed by atoms with Crippen LogP contribution in [-0.2, 0) is 0 Å². The minimum atomic E-state index is 0.509. The monoisotopic (exact) mass is 241 g/mol. The van der Waals surface area contributed by atoms with E-state index in [9.17, 15) is 0 Å². The number of anilines is 2. The van der Waals surface area contributed by atoms with E-state index in [1.165, 1.54) is 30.8 Å². The van der Waals surface area contributed by atoms with Crippen LogP contribution < -0.4 is 15.4 Å². The number of ether oxygens (including phenoxy) is 1. The third kappa shape index (κ3) is 2.09. The summed E-state index contributed by atoms with van der Waals surface area (Å²) < 4.78 is 9.47. The van der Waals surface area contributed by atoms with Crippen LogP contribution in [0.2, 0.25) is 0 Å². The predicted octanol–water partition coefficient (Wildman–Crippen LogP) is 2.36. The molecule has 1 aromatic heterocycles. The van der Waals surface area contributed by atoms with E-state index >= 15 is 0 Å². The molecule has 90 valence electrons. The molecule has 16 heavy (non-hydrogen) atoms. The third-order valence-electron chi connectivity index (χ3n) is 3.23. The maximum absolute atomic E-state index is 5.77. The Morgan fingerprint density at radius 1 is 1.56 bits per heavy atom. The average Bonchev–Trinajstić information content (AvgIpc) is 2.58. The summed E-state index contributed by atoms with van der Waals surface area (Å²) in [6.45, 7) is 4.25. The van der Waals surface area contributed by atoms with Gasteiger partial charge in [-0.3, -0.25) is 0 Å². The Balaban J connectivity index is 2.11. The number of hydrogen-bond acceptors (Lipinski definition) is 5. The van der Waals surface area contributed by atoms with Crippen LogP contribution in [0.15, 0.2) is 0 Å². The number of aromatic nitrogens is 1. The molecule has 0 atom stereocenters. The molecule has 4 nitrogen and oxygen atoms in total. The smallest absolute Gasteiger partial charge is 0.197 e. The average molecular weight is 241 g/mol. The summed E-state index contributed by atoms with van der Waals surface area (Å²) in [4.78, 5) is 2.33. The van der Waals surface area contributed by atoms with Crippen LogP contribution in [0.3, 0.4) is 0 Å². The van der Waals surface area contributed by atoms with Crippen LogP contribution in [-0.4, -0.2) is 24.6 Å². The molecular formula is C11H19N3OS. The lowest BCUT2D eigenvalue weighted by Crippen LogP contribution is -2.32. The van der Waals surface area contributed by atoms with Crippen molar-refractivity contribution in [3.8, 4) is 5.75 Å². The number of rotatable bonds is 5. The Bertz CT molecular complexity index is 349. The Labute approximate surface area is 101 Å². The maximum Gasteiger partial charge on any atom is 0.197 e. The first kappa shape index (κ1) is 11.5. The molecule has 0 unspecified atom stereocenters. The van der Waals surface area contributed by atoms with Crippen LogP contribution >= 0.6 is 11.5 Å². The van der Waals surface area contributed by atoms with Crippen LogP contribution in [0.5, 0.6) is 5.75 Å². The highest BCUT2D eigenvalue weighted by Gasteiger charge is 2.24. The zero-order valence-electron chi connectivity index (χ0n) is 9.90. The number of nitrogens with zero attached hydrogens (tertiary/aromatic N) is 2. The Morgan fingerprint density at radius 2 is 2.31 bits per heavy atom. The zero-order chi connectivity index (χ0) is 11.5. The van der Waals surface area contributed by atoms with Crippen molar-refractivity contribution < 1.29 is 4.74 Å². The van der Waals surface area contributed by atoms with E-state index in [0.29, 0.717) is 5.82 Å². The van der Waals surface area contributed by atoms with E-state index < -0.39 is 0 Å². The number of hydrogen-bond donors (Lipinski definition) is 1. The second kappa shape index (κ2) is 4.91. The van der Waals surface area contributed by atoms with Crippen LogP contribution in [0.25, 0.3) is 0 Å². The lowest BCUT2D eigenvalue weighted by Gasteiger charge is -2.32. The molecule has 2 N–H and O–H groups in total. The van der Waals surface area contributed by atoms with Gasteiger partial charge < -0.3 is 15.4 Å². The van der Waals surface area contributed by atoms with Gasteiger partial charge in [-0.25, -0.2) is 0 Å². The van der Waals surface area contributed by atoms with Gasteiger partial charge in [-0.15, -0.1) is 0 Å². The molecule has 1 heterocycles.